The summed E-state index contributed by atoms with van der Waals surface area (Å²) in [5, 5.41) is 10.7. The summed E-state index contributed by atoms with van der Waals surface area (Å²) in [6.45, 7) is 1.51. The summed E-state index contributed by atoms with van der Waals surface area (Å²) in [4.78, 5) is 21.3. The average molecular weight is 425 g/mol. The van der Waals surface area contributed by atoms with E-state index in [1.807, 2.05) is 24.4 Å². The van der Waals surface area contributed by atoms with Crippen LogP contribution in [0.1, 0.15) is 18.4 Å². The molecule has 4 aromatic rings. The summed E-state index contributed by atoms with van der Waals surface area (Å²) in [5.41, 5.74) is 3.00. The number of aromatic nitrogens is 4. The third-order valence-electron chi connectivity index (χ3n) is 6.49. The molecule has 7 nitrogen and oxygen atoms in total. The van der Waals surface area contributed by atoms with E-state index in [4.69, 9.17) is 4.98 Å². The first-order valence-corrected chi connectivity index (χ1v) is 10.7. The SMILES string of the molecule is N#Cc1cnc(-c2cnc3[nH]ccc3c2)nc1N1CC2CC[C@H]1CN2c1cccc(F)c1. The summed E-state index contributed by atoms with van der Waals surface area (Å²) in [6, 6.07) is 13.4. The van der Waals surface area contributed by atoms with Crippen molar-refractivity contribution in [1.82, 2.24) is 19.9 Å². The Hall–Kier alpha value is -3.99. The second kappa shape index (κ2) is 7.31. The summed E-state index contributed by atoms with van der Waals surface area (Å²) in [5.74, 6) is 0.999. The highest BCUT2D eigenvalue weighted by atomic mass is 19.1. The molecule has 0 aliphatic carbocycles. The minimum atomic E-state index is -0.221. The fourth-order valence-electron chi connectivity index (χ4n) is 4.93. The molecule has 32 heavy (non-hydrogen) atoms. The van der Waals surface area contributed by atoms with Crippen LogP contribution in [0.15, 0.2) is 55.0 Å². The molecule has 6 heterocycles. The fourth-order valence-corrected chi connectivity index (χ4v) is 4.93. The first kappa shape index (κ1) is 18.8. The standard InChI is InChI=1S/C24H20FN7/c25-18-2-1-3-19(9-18)31-13-21-5-4-20(31)14-32(21)24-17(10-26)12-29-23(30-24)16-8-15-6-7-27-22(15)28-11-16/h1-3,6-9,11-12,20-21H,4-5,13-14H2,(H,27,28)/t20?,21-/m0/s1. The third-order valence-corrected chi connectivity index (χ3v) is 6.49. The van der Waals surface area contributed by atoms with E-state index >= 15 is 0 Å². The summed E-state index contributed by atoms with van der Waals surface area (Å²) in [6.07, 6.45) is 7.24. The van der Waals surface area contributed by atoms with E-state index in [9.17, 15) is 9.65 Å². The van der Waals surface area contributed by atoms with Crippen molar-refractivity contribution < 1.29 is 4.39 Å². The summed E-state index contributed by atoms with van der Waals surface area (Å²) >= 11 is 0. The van der Waals surface area contributed by atoms with Gasteiger partial charge in [-0.15, -0.1) is 0 Å². The predicted octanol–water partition coefficient (Wildman–Crippen LogP) is 3.89. The second-order valence-corrected chi connectivity index (χ2v) is 8.35. The molecule has 1 N–H and O–H groups in total. The van der Waals surface area contributed by atoms with Gasteiger partial charge in [-0.3, -0.25) is 0 Å². The number of benzene rings is 1. The lowest BCUT2D eigenvalue weighted by Gasteiger charge is -2.53. The van der Waals surface area contributed by atoms with Crippen molar-refractivity contribution in [3.8, 4) is 17.5 Å². The monoisotopic (exact) mass is 425 g/mol. The van der Waals surface area contributed by atoms with Crippen LogP contribution in [0.5, 0.6) is 0 Å². The van der Waals surface area contributed by atoms with Crippen molar-refractivity contribution in [2.75, 3.05) is 22.9 Å². The van der Waals surface area contributed by atoms with E-state index in [0.29, 0.717) is 17.2 Å². The number of aromatic amines is 1. The van der Waals surface area contributed by atoms with Crippen LogP contribution in [-0.2, 0) is 0 Å². The van der Waals surface area contributed by atoms with E-state index in [2.05, 4.69) is 30.8 Å². The molecule has 7 rings (SSSR count). The Balaban J connectivity index is 1.34. The molecule has 8 heteroatoms. The van der Waals surface area contributed by atoms with Crippen LogP contribution in [0, 0.1) is 17.1 Å². The van der Waals surface area contributed by atoms with Gasteiger partial charge in [0, 0.05) is 54.2 Å². The van der Waals surface area contributed by atoms with Gasteiger partial charge in [0.1, 0.15) is 23.1 Å². The molecule has 0 amide bonds. The van der Waals surface area contributed by atoms with E-state index in [-0.39, 0.29) is 17.9 Å². The molecule has 3 aliphatic rings. The van der Waals surface area contributed by atoms with E-state index in [1.54, 1.807) is 24.5 Å². The lowest BCUT2D eigenvalue weighted by molar-refractivity contribution is 0.332. The molecule has 2 bridgehead atoms. The Morgan fingerprint density at radius 1 is 1.03 bits per heavy atom. The number of halogens is 1. The zero-order valence-corrected chi connectivity index (χ0v) is 17.2. The Labute approximate surface area is 184 Å². The zero-order valence-electron chi connectivity index (χ0n) is 17.2. The van der Waals surface area contributed by atoms with Crippen molar-refractivity contribution in [1.29, 1.82) is 5.26 Å². The fraction of sp³-hybridized carbons (Fsp3) is 0.250. The minimum absolute atomic E-state index is 0.198. The van der Waals surface area contributed by atoms with Crippen molar-refractivity contribution in [2.45, 2.75) is 24.9 Å². The molecular formula is C24H20FN7. The molecule has 158 valence electrons. The number of hydrogen-bond donors (Lipinski definition) is 1. The Kier molecular flexibility index (Phi) is 4.28. The quantitative estimate of drug-likeness (QED) is 0.536. The molecule has 2 atom stereocenters. The maximum absolute atomic E-state index is 13.8. The third kappa shape index (κ3) is 3.05. The van der Waals surface area contributed by atoms with Crippen LogP contribution in [-0.4, -0.2) is 45.1 Å². The van der Waals surface area contributed by atoms with Gasteiger partial charge in [0.05, 0.1) is 6.20 Å². The van der Waals surface area contributed by atoms with Gasteiger partial charge < -0.3 is 14.8 Å². The van der Waals surface area contributed by atoms with Gasteiger partial charge in [-0.2, -0.15) is 5.26 Å². The molecule has 0 saturated carbocycles. The molecule has 1 aromatic carbocycles. The Morgan fingerprint density at radius 3 is 2.66 bits per heavy atom. The van der Waals surface area contributed by atoms with Crippen LogP contribution in [0.25, 0.3) is 22.4 Å². The molecule has 0 radical (unpaired) electrons. The number of nitrogens with one attached hydrogen (secondary N) is 1. The maximum atomic E-state index is 13.8. The number of piperidine rings is 2. The Morgan fingerprint density at radius 2 is 1.88 bits per heavy atom. The average Bonchev–Trinajstić information content (AvgIpc) is 3.32. The van der Waals surface area contributed by atoms with Crippen LogP contribution in [0.4, 0.5) is 15.9 Å². The van der Waals surface area contributed by atoms with E-state index in [0.717, 1.165) is 48.2 Å². The summed E-state index contributed by atoms with van der Waals surface area (Å²) < 4.78 is 13.8. The van der Waals surface area contributed by atoms with Gasteiger partial charge in [-0.25, -0.2) is 19.3 Å². The number of rotatable bonds is 3. The van der Waals surface area contributed by atoms with Gasteiger partial charge in [-0.1, -0.05) is 6.07 Å². The summed E-state index contributed by atoms with van der Waals surface area (Å²) in [7, 11) is 0. The zero-order chi connectivity index (χ0) is 21.7. The molecule has 3 aromatic heterocycles. The van der Waals surface area contributed by atoms with E-state index < -0.39 is 0 Å². The second-order valence-electron chi connectivity index (χ2n) is 8.35. The predicted molar refractivity (Wildman–Crippen MR) is 120 cm³/mol. The van der Waals surface area contributed by atoms with Gasteiger partial charge in [0.2, 0.25) is 0 Å². The molecule has 3 aliphatic heterocycles. The number of fused-ring (bicyclic) bond motifs is 4. The van der Waals surface area contributed by atoms with Gasteiger partial charge in [0.15, 0.2) is 11.6 Å². The number of nitrogens with zero attached hydrogens (tertiary/aromatic N) is 6. The van der Waals surface area contributed by atoms with Crippen LogP contribution in [0.3, 0.4) is 0 Å². The smallest absolute Gasteiger partial charge is 0.163 e. The van der Waals surface area contributed by atoms with Crippen LogP contribution < -0.4 is 9.80 Å². The highest BCUT2D eigenvalue weighted by Gasteiger charge is 2.40. The van der Waals surface area contributed by atoms with Gasteiger partial charge in [0.25, 0.3) is 0 Å². The minimum Gasteiger partial charge on any atom is -0.365 e. The van der Waals surface area contributed by atoms with Crippen molar-refractivity contribution in [2.24, 2.45) is 0 Å². The normalized spacial score (nSPS) is 20.0. The number of anilines is 2. The molecule has 1 unspecified atom stereocenters. The first-order valence-electron chi connectivity index (χ1n) is 10.7. The number of pyridine rings is 1. The largest absolute Gasteiger partial charge is 0.365 e. The van der Waals surface area contributed by atoms with Crippen molar-refractivity contribution >= 4 is 22.5 Å². The highest BCUT2D eigenvalue weighted by Crippen LogP contribution is 2.36. The number of H-pyrrole nitrogens is 1. The lowest BCUT2D eigenvalue weighted by atomic mass is 9.90. The number of piperazine rings is 1. The van der Waals surface area contributed by atoms with Crippen LogP contribution in [0.2, 0.25) is 0 Å². The molecule has 0 spiro atoms. The highest BCUT2D eigenvalue weighted by molar-refractivity contribution is 5.80. The molecule has 3 saturated heterocycles. The van der Waals surface area contributed by atoms with Gasteiger partial charge >= 0.3 is 0 Å². The van der Waals surface area contributed by atoms with Crippen molar-refractivity contribution in [3.63, 3.8) is 0 Å². The Bertz CT molecular complexity index is 1360. The van der Waals surface area contributed by atoms with Crippen molar-refractivity contribution in [3.05, 3.63) is 66.4 Å². The van der Waals surface area contributed by atoms with Gasteiger partial charge in [-0.05, 0) is 43.2 Å². The molecule has 3 fully saturated rings. The maximum Gasteiger partial charge on any atom is 0.163 e. The number of nitriles is 1. The topological polar surface area (TPSA) is 84.7 Å². The van der Waals surface area contributed by atoms with E-state index in [1.165, 1.54) is 6.07 Å². The molecular weight excluding hydrogens is 405 g/mol. The number of hydrogen-bond acceptors (Lipinski definition) is 6. The first-order chi connectivity index (χ1) is 15.7. The lowest BCUT2D eigenvalue weighted by Crippen LogP contribution is -2.63. The van der Waals surface area contributed by atoms with Crippen LogP contribution >= 0.6 is 0 Å².